The van der Waals surface area contributed by atoms with E-state index in [0.717, 1.165) is 32.4 Å². The van der Waals surface area contributed by atoms with Crippen molar-refractivity contribution in [1.82, 2.24) is 4.90 Å². The topological polar surface area (TPSA) is 29.5 Å². The predicted octanol–water partition coefficient (Wildman–Crippen LogP) is 4.90. The quantitative estimate of drug-likeness (QED) is 0.780. The molecule has 5 heteroatoms. The molecular weight excluding hydrogens is 336 g/mol. The summed E-state index contributed by atoms with van der Waals surface area (Å²) in [5.41, 5.74) is 1.65. The lowest BCUT2D eigenvalue weighted by molar-refractivity contribution is 0.0760. The largest absolute Gasteiger partial charge is 0.491 e. The highest BCUT2D eigenvalue weighted by molar-refractivity contribution is 5.94. The van der Waals surface area contributed by atoms with Gasteiger partial charge in [-0.2, -0.15) is 0 Å². The average Bonchev–Trinajstić information content (AvgIpc) is 2.85. The first-order valence-corrected chi connectivity index (χ1v) is 8.92. The highest BCUT2D eigenvalue weighted by Gasteiger charge is 2.20. The summed E-state index contributed by atoms with van der Waals surface area (Å²) < 4.78 is 32.5. The van der Waals surface area contributed by atoms with Crippen molar-refractivity contribution < 1.29 is 18.3 Å². The van der Waals surface area contributed by atoms with Crippen LogP contribution in [-0.2, 0) is 0 Å². The van der Waals surface area contributed by atoms with E-state index in [2.05, 4.69) is 6.92 Å². The zero-order valence-corrected chi connectivity index (χ0v) is 15.1. The molecular formula is C21H23F2NO2. The molecule has 1 unspecified atom stereocenters. The van der Waals surface area contributed by atoms with E-state index in [4.69, 9.17) is 4.74 Å². The van der Waals surface area contributed by atoms with Gasteiger partial charge in [-0.25, -0.2) is 8.78 Å². The van der Waals surface area contributed by atoms with Crippen LogP contribution in [0, 0.1) is 17.6 Å². The van der Waals surface area contributed by atoms with Gasteiger partial charge in [0.2, 0.25) is 0 Å². The zero-order chi connectivity index (χ0) is 18.7. The van der Waals surface area contributed by atoms with Crippen LogP contribution in [0.4, 0.5) is 8.78 Å². The molecule has 26 heavy (non-hydrogen) atoms. The molecule has 2 aromatic rings. The molecule has 1 aliphatic heterocycles. The molecule has 1 fully saturated rings. The van der Waals surface area contributed by atoms with Gasteiger partial charge in [-0.05, 0) is 60.6 Å². The number of carbonyl (C=O) groups is 1. The molecule has 0 aromatic heterocycles. The number of hydrogen-bond donors (Lipinski definition) is 0. The summed E-state index contributed by atoms with van der Waals surface area (Å²) >= 11 is 0. The van der Waals surface area contributed by atoms with Gasteiger partial charge in [-0.3, -0.25) is 4.79 Å². The van der Waals surface area contributed by atoms with E-state index in [0.29, 0.717) is 22.6 Å². The Hall–Kier alpha value is -2.43. The average molecular weight is 359 g/mol. The molecule has 1 atom stereocenters. The summed E-state index contributed by atoms with van der Waals surface area (Å²) in [6.45, 7) is 3.77. The van der Waals surface area contributed by atoms with Crippen molar-refractivity contribution >= 4 is 5.91 Å². The van der Waals surface area contributed by atoms with E-state index in [1.807, 2.05) is 4.90 Å². The van der Waals surface area contributed by atoms with Gasteiger partial charge in [0.25, 0.3) is 5.91 Å². The fraction of sp³-hybridized carbons (Fsp3) is 0.381. The Morgan fingerprint density at radius 1 is 1.04 bits per heavy atom. The van der Waals surface area contributed by atoms with Gasteiger partial charge in [0, 0.05) is 18.7 Å². The van der Waals surface area contributed by atoms with Gasteiger partial charge >= 0.3 is 0 Å². The SMILES string of the molecule is COc1c(F)cc(-c2ccc(C(=O)N3CCCC(C)CC3)cc2)cc1F. The van der Waals surface area contributed by atoms with Gasteiger partial charge in [-0.15, -0.1) is 0 Å². The van der Waals surface area contributed by atoms with Crippen LogP contribution in [0.15, 0.2) is 36.4 Å². The molecule has 0 saturated carbocycles. The molecule has 1 amide bonds. The van der Waals surface area contributed by atoms with Gasteiger partial charge in [-0.1, -0.05) is 19.1 Å². The minimum atomic E-state index is -0.749. The second-order valence-corrected chi connectivity index (χ2v) is 6.88. The second kappa shape index (κ2) is 7.85. The number of rotatable bonds is 3. The summed E-state index contributed by atoms with van der Waals surface area (Å²) in [5, 5.41) is 0. The summed E-state index contributed by atoms with van der Waals surface area (Å²) in [4.78, 5) is 14.6. The van der Waals surface area contributed by atoms with Gasteiger partial charge in [0.05, 0.1) is 7.11 Å². The first kappa shape index (κ1) is 18.4. The minimum absolute atomic E-state index is 0.0118. The lowest BCUT2D eigenvalue weighted by Gasteiger charge is -2.20. The van der Waals surface area contributed by atoms with Gasteiger partial charge < -0.3 is 9.64 Å². The van der Waals surface area contributed by atoms with Crippen molar-refractivity contribution in [2.75, 3.05) is 20.2 Å². The number of amides is 1. The van der Waals surface area contributed by atoms with Crippen LogP contribution in [0.1, 0.15) is 36.5 Å². The van der Waals surface area contributed by atoms with E-state index in [9.17, 15) is 13.6 Å². The minimum Gasteiger partial charge on any atom is -0.491 e. The van der Waals surface area contributed by atoms with Crippen LogP contribution in [-0.4, -0.2) is 31.0 Å². The maximum absolute atomic E-state index is 13.9. The lowest BCUT2D eigenvalue weighted by Crippen LogP contribution is -2.31. The van der Waals surface area contributed by atoms with Crippen LogP contribution < -0.4 is 4.74 Å². The van der Waals surface area contributed by atoms with Crippen molar-refractivity contribution in [3.05, 3.63) is 53.6 Å². The third-order valence-corrected chi connectivity index (χ3v) is 4.97. The number of carbonyl (C=O) groups excluding carboxylic acids is 1. The molecule has 0 bridgehead atoms. The monoisotopic (exact) mass is 359 g/mol. The van der Waals surface area contributed by atoms with E-state index >= 15 is 0 Å². The van der Waals surface area contributed by atoms with Crippen LogP contribution in [0.2, 0.25) is 0 Å². The molecule has 0 spiro atoms. The fourth-order valence-electron chi connectivity index (χ4n) is 3.38. The smallest absolute Gasteiger partial charge is 0.253 e. The van der Waals surface area contributed by atoms with Crippen molar-refractivity contribution in [3.63, 3.8) is 0 Å². The molecule has 1 aliphatic rings. The lowest BCUT2D eigenvalue weighted by atomic mass is 10.0. The first-order valence-electron chi connectivity index (χ1n) is 8.92. The Kier molecular flexibility index (Phi) is 5.55. The number of ether oxygens (including phenoxy) is 1. The molecule has 0 aliphatic carbocycles. The van der Waals surface area contributed by atoms with E-state index in [-0.39, 0.29) is 5.91 Å². The van der Waals surface area contributed by atoms with Crippen molar-refractivity contribution in [3.8, 4) is 16.9 Å². The Morgan fingerprint density at radius 2 is 1.69 bits per heavy atom. The van der Waals surface area contributed by atoms with Crippen molar-refractivity contribution in [1.29, 1.82) is 0 Å². The predicted molar refractivity (Wildman–Crippen MR) is 97.3 cm³/mol. The fourth-order valence-corrected chi connectivity index (χ4v) is 3.38. The molecule has 1 saturated heterocycles. The maximum Gasteiger partial charge on any atom is 0.253 e. The molecule has 2 aromatic carbocycles. The van der Waals surface area contributed by atoms with Gasteiger partial charge in [0.15, 0.2) is 17.4 Å². The highest BCUT2D eigenvalue weighted by Crippen LogP contribution is 2.29. The molecule has 0 radical (unpaired) electrons. The number of methoxy groups -OCH3 is 1. The van der Waals surface area contributed by atoms with E-state index < -0.39 is 17.4 Å². The van der Waals surface area contributed by atoms with Crippen molar-refractivity contribution in [2.24, 2.45) is 5.92 Å². The molecule has 1 heterocycles. The van der Waals surface area contributed by atoms with E-state index in [1.165, 1.54) is 19.2 Å². The van der Waals surface area contributed by atoms with Crippen LogP contribution >= 0.6 is 0 Å². The first-order chi connectivity index (χ1) is 12.5. The van der Waals surface area contributed by atoms with Gasteiger partial charge in [0.1, 0.15) is 0 Å². The number of benzene rings is 2. The molecule has 0 N–H and O–H groups in total. The number of nitrogens with zero attached hydrogens (tertiary/aromatic N) is 1. The summed E-state index contributed by atoms with van der Waals surface area (Å²) in [5.74, 6) is -1.23. The Labute approximate surface area is 152 Å². The Morgan fingerprint density at radius 3 is 2.31 bits per heavy atom. The molecule has 3 rings (SSSR count). The normalized spacial score (nSPS) is 17.7. The standard InChI is InChI=1S/C21H23F2NO2/c1-14-4-3-10-24(11-9-14)21(25)16-7-5-15(6-8-16)17-12-18(22)20(26-2)19(23)13-17/h5-8,12-14H,3-4,9-11H2,1-2H3. The summed E-state index contributed by atoms with van der Waals surface area (Å²) in [7, 11) is 1.23. The number of hydrogen-bond acceptors (Lipinski definition) is 2. The third-order valence-electron chi connectivity index (χ3n) is 4.97. The number of likely N-dealkylation sites (tertiary alicyclic amines) is 1. The summed E-state index contributed by atoms with van der Waals surface area (Å²) in [6, 6.07) is 9.32. The summed E-state index contributed by atoms with van der Waals surface area (Å²) in [6.07, 6.45) is 3.20. The second-order valence-electron chi connectivity index (χ2n) is 6.88. The molecule has 138 valence electrons. The molecule has 3 nitrogen and oxygen atoms in total. The zero-order valence-electron chi connectivity index (χ0n) is 15.1. The van der Waals surface area contributed by atoms with Crippen LogP contribution in [0.25, 0.3) is 11.1 Å². The number of halogens is 2. The third kappa shape index (κ3) is 3.87. The van der Waals surface area contributed by atoms with E-state index in [1.54, 1.807) is 24.3 Å². The maximum atomic E-state index is 13.9. The van der Waals surface area contributed by atoms with Crippen molar-refractivity contribution in [2.45, 2.75) is 26.2 Å². The Balaban J connectivity index is 1.79. The van der Waals surface area contributed by atoms with Crippen LogP contribution in [0.3, 0.4) is 0 Å². The Bertz CT molecular complexity index is 766. The highest BCUT2D eigenvalue weighted by atomic mass is 19.1. The van der Waals surface area contributed by atoms with Crippen LogP contribution in [0.5, 0.6) is 5.75 Å².